The maximum atomic E-state index is 12.3. The number of benzene rings is 2. The molecule has 1 aromatic heterocycles. The smallest absolute Gasteiger partial charge is 0.238 e. The summed E-state index contributed by atoms with van der Waals surface area (Å²) in [7, 11) is -4.03. The van der Waals surface area contributed by atoms with E-state index >= 15 is 0 Å². The Hall–Kier alpha value is -2.68. The van der Waals surface area contributed by atoms with Gasteiger partial charge in [0.05, 0.1) is 11.3 Å². The van der Waals surface area contributed by atoms with Crippen LogP contribution in [0, 0.1) is 0 Å². The highest BCUT2D eigenvalue weighted by molar-refractivity contribution is 7.89. The number of nitrogen functional groups attached to an aromatic ring is 1. The van der Waals surface area contributed by atoms with Crippen molar-refractivity contribution in [3.8, 4) is 0 Å². The second-order valence-electron chi connectivity index (χ2n) is 5.63. The minimum atomic E-state index is -4.03. The van der Waals surface area contributed by atoms with E-state index in [4.69, 9.17) is 22.5 Å². The van der Waals surface area contributed by atoms with Gasteiger partial charge < -0.3 is 11.1 Å². The fourth-order valence-electron chi connectivity index (χ4n) is 2.60. The van der Waals surface area contributed by atoms with Gasteiger partial charge in [-0.25, -0.2) is 18.5 Å². The van der Waals surface area contributed by atoms with Crippen LogP contribution in [-0.4, -0.2) is 19.3 Å². The molecule has 0 radical (unpaired) electrons. The van der Waals surface area contributed by atoms with Gasteiger partial charge >= 0.3 is 0 Å². The van der Waals surface area contributed by atoms with Crippen molar-refractivity contribution in [2.24, 2.45) is 5.14 Å². The van der Waals surface area contributed by atoms with E-state index in [1.54, 1.807) is 30.3 Å². The lowest BCUT2D eigenvalue weighted by molar-refractivity contribution is -0.115. The summed E-state index contributed by atoms with van der Waals surface area (Å²) in [6.07, 6.45) is 1.42. The SMILES string of the molecule is Nc1nccc2c(S(N)(=O)=O)cc(NC(=O)Cc3ccccc3Cl)cc12. The minimum absolute atomic E-state index is 0.0327. The number of rotatable bonds is 4. The molecule has 3 aromatic rings. The van der Waals surface area contributed by atoms with Crippen molar-refractivity contribution in [3.05, 3.63) is 59.2 Å². The molecule has 0 spiro atoms. The first-order valence-corrected chi connectivity index (χ1v) is 9.42. The van der Waals surface area contributed by atoms with Crippen LogP contribution in [0.1, 0.15) is 5.56 Å². The Morgan fingerprint density at radius 2 is 1.88 bits per heavy atom. The van der Waals surface area contributed by atoms with Crippen LogP contribution < -0.4 is 16.2 Å². The number of fused-ring (bicyclic) bond motifs is 1. The molecule has 1 heterocycles. The number of hydrogen-bond donors (Lipinski definition) is 3. The first-order valence-electron chi connectivity index (χ1n) is 7.50. The first kappa shape index (κ1) is 18.1. The molecule has 0 fully saturated rings. The average Bonchev–Trinajstić information content (AvgIpc) is 2.56. The summed E-state index contributed by atoms with van der Waals surface area (Å²) in [5, 5.41) is 9.14. The summed E-state index contributed by atoms with van der Waals surface area (Å²) in [5.74, 6) is -0.227. The van der Waals surface area contributed by atoms with Crippen LogP contribution in [0.3, 0.4) is 0 Å². The van der Waals surface area contributed by atoms with Crippen molar-refractivity contribution in [1.82, 2.24) is 4.98 Å². The predicted molar refractivity (Wildman–Crippen MR) is 101 cm³/mol. The third-order valence-electron chi connectivity index (χ3n) is 3.77. The molecule has 0 unspecified atom stereocenters. The van der Waals surface area contributed by atoms with E-state index in [1.807, 2.05) is 0 Å². The number of carbonyl (C=O) groups excluding carboxylic acids is 1. The van der Waals surface area contributed by atoms with Gasteiger partial charge in [0.15, 0.2) is 0 Å². The third-order valence-corrected chi connectivity index (χ3v) is 5.09. The Morgan fingerprint density at radius 1 is 1.15 bits per heavy atom. The summed E-state index contributed by atoms with van der Waals surface area (Å²) < 4.78 is 23.8. The maximum absolute atomic E-state index is 12.3. The van der Waals surface area contributed by atoms with Crippen LogP contribution >= 0.6 is 11.6 Å². The van der Waals surface area contributed by atoms with E-state index in [0.717, 1.165) is 0 Å². The molecule has 26 heavy (non-hydrogen) atoms. The highest BCUT2D eigenvalue weighted by atomic mass is 35.5. The molecule has 1 amide bonds. The largest absolute Gasteiger partial charge is 0.383 e. The molecule has 0 aliphatic rings. The Morgan fingerprint density at radius 3 is 2.58 bits per heavy atom. The van der Waals surface area contributed by atoms with Gasteiger partial charge in [0.2, 0.25) is 15.9 Å². The molecule has 0 bridgehead atoms. The molecule has 0 aliphatic heterocycles. The number of carbonyl (C=O) groups is 1. The normalized spacial score (nSPS) is 11.5. The molecule has 2 aromatic carbocycles. The van der Waals surface area contributed by atoms with Gasteiger partial charge in [0, 0.05) is 27.7 Å². The van der Waals surface area contributed by atoms with Crippen LogP contribution in [0.5, 0.6) is 0 Å². The number of sulfonamides is 1. The summed E-state index contributed by atoms with van der Waals surface area (Å²) in [4.78, 5) is 16.1. The van der Waals surface area contributed by atoms with Gasteiger partial charge in [-0.2, -0.15) is 0 Å². The van der Waals surface area contributed by atoms with Crippen LogP contribution in [0.15, 0.2) is 53.6 Å². The highest BCUT2D eigenvalue weighted by Crippen LogP contribution is 2.29. The fourth-order valence-corrected chi connectivity index (χ4v) is 3.58. The predicted octanol–water partition coefficient (Wildman–Crippen LogP) is 2.30. The number of pyridine rings is 1. The number of aromatic nitrogens is 1. The lowest BCUT2D eigenvalue weighted by atomic mass is 10.1. The standard InChI is InChI=1S/C17H15ClN4O3S/c18-14-4-2-1-3-10(14)7-16(23)22-11-8-13-12(5-6-21-17(13)19)15(9-11)26(20,24)25/h1-6,8-9H,7H2,(H2,19,21)(H,22,23)(H2,20,24,25). The van der Waals surface area contributed by atoms with Crippen molar-refractivity contribution < 1.29 is 13.2 Å². The van der Waals surface area contributed by atoms with E-state index in [9.17, 15) is 13.2 Å². The molecule has 0 aliphatic carbocycles. The molecule has 5 N–H and O–H groups in total. The third kappa shape index (κ3) is 3.77. The maximum Gasteiger partial charge on any atom is 0.238 e. The molecule has 7 nitrogen and oxygen atoms in total. The van der Waals surface area contributed by atoms with Crippen molar-refractivity contribution in [2.45, 2.75) is 11.3 Å². The van der Waals surface area contributed by atoms with Gasteiger partial charge in [0.1, 0.15) is 5.82 Å². The fraction of sp³-hybridized carbons (Fsp3) is 0.0588. The average molecular weight is 391 g/mol. The van der Waals surface area contributed by atoms with Gasteiger partial charge in [-0.05, 0) is 29.8 Å². The minimum Gasteiger partial charge on any atom is -0.383 e. The number of hydrogen-bond acceptors (Lipinski definition) is 5. The highest BCUT2D eigenvalue weighted by Gasteiger charge is 2.17. The number of nitrogens with one attached hydrogen (secondary N) is 1. The van der Waals surface area contributed by atoms with Gasteiger partial charge in [0.25, 0.3) is 0 Å². The Bertz CT molecular complexity index is 1120. The summed E-state index contributed by atoms with van der Waals surface area (Å²) in [6, 6.07) is 11.3. The number of nitrogens with zero attached hydrogens (tertiary/aromatic N) is 1. The van der Waals surface area contributed by atoms with Gasteiger partial charge in [-0.3, -0.25) is 4.79 Å². The van der Waals surface area contributed by atoms with E-state index < -0.39 is 10.0 Å². The zero-order chi connectivity index (χ0) is 18.9. The first-order chi connectivity index (χ1) is 12.3. The van der Waals surface area contributed by atoms with Crippen LogP contribution in [0.4, 0.5) is 11.5 Å². The van der Waals surface area contributed by atoms with Crippen molar-refractivity contribution >= 4 is 49.8 Å². The molecule has 3 rings (SSSR count). The van der Waals surface area contributed by atoms with E-state index in [-0.39, 0.29) is 28.7 Å². The second-order valence-corrected chi connectivity index (χ2v) is 7.56. The van der Waals surface area contributed by atoms with E-state index in [1.165, 1.54) is 18.3 Å². The molecule has 0 saturated carbocycles. The summed E-state index contributed by atoms with van der Waals surface area (Å²) >= 11 is 6.05. The number of nitrogens with two attached hydrogens (primary N) is 2. The second kappa shape index (κ2) is 6.91. The van der Waals surface area contributed by atoms with Crippen LogP contribution in [-0.2, 0) is 21.2 Å². The van der Waals surface area contributed by atoms with E-state index in [0.29, 0.717) is 21.4 Å². The molecule has 0 atom stereocenters. The quantitative estimate of drug-likeness (QED) is 0.629. The van der Waals surface area contributed by atoms with Crippen molar-refractivity contribution in [3.63, 3.8) is 0 Å². The molecule has 0 saturated heterocycles. The Balaban J connectivity index is 1.99. The monoisotopic (exact) mass is 390 g/mol. The van der Waals surface area contributed by atoms with Crippen LogP contribution in [0.25, 0.3) is 10.8 Å². The van der Waals surface area contributed by atoms with E-state index in [2.05, 4.69) is 10.3 Å². The number of amides is 1. The van der Waals surface area contributed by atoms with Gasteiger partial charge in [-0.1, -0.05) is 29.8 Å². The topological polar surface area (TPSA) is 128 Å². The zero-order valence-electron chi connectivity index (χ0n) is 13.4. The number of primary sulfonamides is 1. The number of halogens is 1. The molecular formula is C17H15ClN4O3S. The van der Waals surface area contributed by atoms with Crippen LogP contribution in [0.2, 0.25) is 5.02 Å². The number of anilines is 2. The van der Waals surface area contributed by atoms with Gasteiger partial charge in [-0.15, -0.1) is 0 Å². The van der Waals surface area contributed by atoms with Crippen molar-refractivity contribution in [2.75, 3.05) is 11.1 Å². The molecular weight excluding hydrogens is 376 g/mol. The Kier molecular flexibility index (Phi) is 4.82. The lowest BCUT2D eigenvalue weighted by Crippen LogP contribution is -2.17. The lowest BCUT2D eigenvalue weighted by Gasteiger charge is -2.11. The van der Waals surface area contributed by atoms with Crippen molar-refractivity contribution in [1.29, 1.82) is 0 Å². The molecule has 134 valence electrons. The summed E-state index contributed by atoms with van der Waals surface area (Å²) in [6.45, 7) is 0. The molecule has 9 heteroatoms. The summed E-state index contributed by atoms with van der Waals surface area (Å²) in [5.41, 5.74) is 6.74. The zero-order valence-corrected chi connectivity index (χ0v) is 15.0. The Labute approximate surface area is 155 Å².